The highest BCUT2D eigenvalue weighted by atomic mass is 32.1. The van der Waals surface area contributed by atoms with Crippen molar-refractivity contribution in [3.63, 3.8) is 0 Å². The molecule has 1 aliphatic heterocycles. The van der Waals surface area contributed by atoms with Gasteiger partial charge in [0, 0.05) is 23.5 Å². The number of amides is 1. The van der Waals surface area contributed by atoms with Crippen LogP contribution >= 0.6 is 12.2 Å². The van der Waals surface area contributed by atoms with Gasteiger partial charge >= 0.3 is 0 Å². The molecule has 0 saturated carbocycles. The van der Waals surface area contributed by atoms with E-state index in [9.17, 15) is 14.9 Å². The van der Waals surface area contributed by atoms with Crippen LogP contribution in [0, 0.1) is 10.1 Å². The van der Waals surface area contributed by atoms with Gasteiger partial charge in [-0.2, -0.15) is 0 Å². The van der Waals surface area contributed by atoms with Gasteiger partial charge in [0.25, 0.3) is 11.6 Å². The van der Waals surface area contributed by atoms with E-state index in [1.807, 2.05) is 18.2 Å². The molecule has 2 aromatic rings. The molecule has 0 saturated heterocycles. The van der Waals surface area contributed by atoms with E-state index < -0.39 is 11.0 Å². The largest absolute Gasteiger partial charge is 0.351 e. The normalized spacial score (nSPS) is 16.5. The van der Waals surface area contributed by atoms with Crippen LogP contribution in [-0.4, -0.2) is 15.9 Å². The Morgan fingerprint density at radius 2 is 1.81 bits per heavy atom. The van der Waals surface area contributed by atoms with Gasteiger partial charge in [-0.15, -0.1) is 0 Å². The molecule has 0 spiro atoms. The summed E-state index contributed by atoms with van der Waals surface area (Å²) in [6.45, 7) is 1.77. The van der Waals surface area contributed by atoms with E-state index in [1.54, 1.807) is 31.2 Å². The number of hydrogen-bond donors (Lipinski definition) is 3. The van der Waals surface area contributed by atoms with E-state index in [4.69, 9.17) is 12.2 Å². The summed E-state index contributed by atoms with van der Waals surface area (Å²) in [7, 11) is 0. The molecule has 8 heteroatoms. The molecule has 26 heavy (non-hydrogen) atoms. The number of para-hydroxylation sites is 1. The van der Waals surface area contributed by atoms with Crippen LogP contribution in [-0.2, 0) is 4.79 Å². The number of carbonyl (C=O) groups excluding carboxylic acids is 1. The molecule has 132 valence electrons. The number of nitro groups is 1. The third-order valence-corrected chi connectivity index (χ3v) is 4.20. The average molecular weight is 368 g/mol. The number of nitrogens with one attached hydrogen (secondary N) is 3. The molecule has 0 aromatic heterocycles. The van der Waals surface area contributed by atoms with Gasteiger partial charge in [0.05, 0.1) is 16.5 Å². The van der Waals surface area contributed by atoms with Crippen LogP contribution in [0.1, 0.15) is 18.5 Å². The predicted molar refractivity (Wildman–Crippen MR) is 102 cm³/mol. The quantitative estimate of drug-likeness (QED) is 0.436. The van der Waals surface area contributed by atoms with Crippen LogP contribution < -0.4 is 16.0 Å². The van der Waals surface area contributed by atoms with E-state index in [1.165, 1.54) is 12.1 Å². The molecule has 0 unspecified atom stereocenters. The molecule has 1 atom stereocenters. The first-order chi connectivity index (χ1) is 12.5. The van der Waals surface area contributed by atoms with Crippen molar-refractivity contribution < 1.29 is 9.72 Å². The van der Waals surface area contributed by atoms with Crippen molar-refractivity contribution in [2.75, 3.05) is 5.32 Å². The molecule has 1 heterocycles. The summed E-state index contributed by atoms with van der Waals surface area (Å²) >= 11 is 5.20. The van der Waals surface area contributed by atoms with Gasteiger partial charge in [0.15, 0.2) is 5.11 Å². The van der Waals surface area contributed by atoms with Crippen molar-refractivity contribution in [2.45, 2.75) is 13.0 Å². The van der Waals surface area contributed by atoms with E-state index in [-0.39, 0.29) is 11.6 Å². The van der Waals surface area contributed by atoms with Crippen molar-refractivity contribution >= 4 is 34.6 Å². The fourth-order valence-corrected chi connectivity index (χ4v) is 3.02. The lowest BCUT2D eigenvalue weighted by molar-refractivity contribution is -0.384. The maximum atomic E-state index is 12.8. The number of non-ortho nitro benzene ring substituents is 1. The van der Waals surface area contributed by atoms with Crippen LogP contribution in [0.15, 0.2) is 65.9 Å². The van der Waals surface area contributed by atoms with Crippen molar-refractivity contribution in [1.29, 1.82) is 0 Å². The molecule has 0 aliphatic carbocycles. The summed E-state index contributed by atoms with van der Waals surface area (Å²) in [5, 5.41) is 20.1. The van der Waals surface area contributed by atoms with Gasteiger partial charge in [-0.25, -0.2) is 0 Å². The topological polar surface area (TPSA) is 96.3 Å². The number of thiocarbonyl (C=S) groups is 1. The molecular weight excluding hydrogens is 352 g/mol. The Bertz CT molecular complexity index is 894. The summed E-state index contributed by atoms with van der Waals surface area (Å²) in [5.41, 5.74) is 2.47. The molecule has 3 rings (SSSR count). The zero-order valence-corrected chi connectivity index (χ0v) is 14.7. The number of benzene rings is 2. The summed E-state index contributed by atoms with van der Waals surface area (Å²) in [4.78, 5) is 23.2. The molecule has 0 bridgehead atoms. The zero-order chi connectivity index (χ0) is 18.7. The Morgan fingerprint density at radius 1 is 1.15 bits per heavy atom. The summed E-state index contributed by atoms with van der Waals surface area (Å²) < 4.78 is 0. The maximum absolute atomic E-state index is 12.8. The number of nitrogens with zero attached hydrogens (tertiary/aromatic N) is 1. The second kappa shape index (κ2) is 7.32. The second-order valence-electron chi connectivity index (χ2n) is 5.74. The summed E-state index contributed by atoms with van der Waals surface area (Å²) in [5.74, 6) is -0.278. The van der Waals surface area contributed by atoms with Crippen LogP contribution in [0.25, 0.3) is 0 Å². The number of rotatable bonds is 4. The molecule has 2 aromatic carbocycles. The molecule has 7 nitrogen and oxygen atoms in total. The smallest absolute Gasteiger partial charge is 0.269 e. The van der Waals surface area contributed by atoms with Gasteiger partial charge < -0.3 is 16.0 Å². The summed E-state index contributed by atoms with van der Waals surface area (Å²) in [6, 6.07) is 14.7. The first kappa shape index (κ1) is 17.6. The molecular formula is C18H16N4O3S. The summed E-state index contributed by atoms with van der Waals surface area (Å²) in [6.07, 6.45) is 0. The van der Waals surface area contributed by atoms with Crippen molar-refractivity contribution in [3.8, 4) is 0 Å². The first-order valence-electron chi connectivity index (χ1n) is 7.85. The molecule has 0 fully saturated rings. The number of anilines is 1. The van der Waals surface area contributed by atoms with Gasteiger partial charge in [-0.05, 0) is 49.0 Å². The van der Waals surface area contributed by atoms with Crippen LogP contribution in [0.3, 0.4) is 0 Å². The first-order valence-corrected chi connectivity index (χ1v) is 8.25. The highest BCUT2D eigenvalue weighted by Gasteiger charge is 2.30. The van der Waals surface area contributed by atoms with Gasteiger partial charge in [0.2, 0.25) is 0 Å². The average Bonchev–Trinajstić information content (AvgIpc) is 2.61. The minimum Gasteiger partial charge on any atom is -0.351 e. The Balaban J connectivity index is 1.93. The highest BCUT2D eigenvalue weighted by Crippen LogP contribution is 2.29. The molecule has 0 radical (unpaired) electrons. The minimum absolute atomic E-state index is 0.0127. The Labute approximate surface area is 155 Å². The number of allylic oxidation sites excluding steroid dienone is 1. The van der Waals surface area contributed by atoms with Gasteiger partial charge in [0.1, 0.15) is 0 Å². The van der Waals surface area contributed by atoms with E-state index in [0.717, 1.165) is 0 Å². The zero-order valence-electron chi connectivity index (χ0n) is 13.9. The standard InChI is InChI=1S/C18H16N4O3S/c1-11-15(17(23)20-13-5-3-2-4-6-13)16(21-18(26)19-11)12-7-9-14(10-8-12)22(24)25/h2-10,16H,1H3,(H,20,23)(H2,19,21,26)/t16-/m1/s1. The number of hydrogen-bond acceptors (Lipinski definition) is 4. The van der Waals surface area contributed by atoms with Gasteiger partial charge in [-0.3, -0.25) is 14.9 Å². The highest BCUT2D eigenvalue weighted by molar-refractivity contribution is 7.80. The van der Waals surface area contributed by atoms with E-state index in [2.05, 4.69) is 16.0 Å². The van der Waals surface area contributed by atoms with E-state index in [0.29, 0.717) is 27.6 Å². The lowest BCUT2D eigenvalue weighted by Gasteiger charge is -2.30. The van der Waals surface area contributed by atoms with Crippen LogP contribution in [0.4, 0.5) is 11.4 Å². The fourth-order valence-electron chi connectivity index (χ4n) is 2.75. The fraction of sp³-hybridized carbons (Fsp3) is 0.111. The Hall–Kier alpha value is -3.26. The van der Waals surface area contributed by atoms with E-state index >= 15 is 0 Å². The number of carbonyl (C=O) groups is 1. The monoisotopic (exact) mass is 368 g/mol. The third kappa shape index (κ3) is 3.70. The molecule has 3 N–H and O–H groups in total. The Kier molecular flexibility index (Phi) is 4.94. The van der Waals surface area contributed by atoms with Gasteiger partial charge in [-0.1, -0.05) is 18.2 Å². The van der Waals surface area contributed by atoms with Crippen LogP contribution in [0.5, 0.6) is 0 Å². The van der Waals surface area contributed by atoms with Crippen molar-refractivity contribution in [2.24, 2.45) is 0 Å². The van der Waals surface area contributed by atoms with Crippen LogP contribution in [0.2, 0.25) is 0 Å². The van der Waals surface area contributed by atoms with Crippen molar-refractivity contribution in [1.82, 2.24) is 10.6 Å². The third-order valence-electron chi connectivity index (χ3n) is 3.98. The lowest BCUT2D eigenvalue weighted by atomic mass is 9.94. The number of nitro benzene ring substituents is 1. The Morgan fingerprint density at radius 3 is 2.42 bits per heavy atom. The maximum Gasteiger partial charge on any atom is 0.269 e. The predicted octanol–water partition coefficient (Wildman–Crippen LogP) is 3.03. The van der Waals surface area contributed by atoms with Crippen molar-refractivity contribution in [3.05, 3.63) is 81.5 Å². The lowest BCUT2D eigenvalue weighted by Crippen LogP contribution is -2.45. The second-order valence-corrected chi connectivity index (χ2v) is 6.15. The molecule has 1 amide bonds. The SMILES string of the molecule is CC1=C(C(=O)Nc2ccccc2)[C@@H](c2ccc([N+](=O)[O-])cc2)NC(=S)N1. The molecule has 1 aliphatic rings. The minimum atomic E-state index is -0.506.